The van der Waals surface area contributed by atoms with E-state index in [-0.39, 0.29) is 0 Å². The first kappa shape index (κ1) is 14.8. The standard InChI is InChI=1S/C11H22O6/c1-2-3-4-5-16-10-8(14)9(7(13)6-12)17-11(10)15/h7-15H,2-6H2,1H3/t7-,8-,9+,10-,11-/m0/s1. The summed E-state index contributed by atoms with van der Waals surface area (Å²) < 4.78 is 10.3. The summed E-state index contributed by atoms with van der Waals surface area (Å²) in [6.07, 6.45) is -2.57. The summed E-state index contributed by atoms with van der Waals surface area (Å²) in [5.74, 6) is 0. The lowest BCUT2D eigenvalue weighted by atomic mass is 10.1. The molecule has 5 atom stereocenters. The predicted octanol–water partition coefficient (Wildman–Crippen LogP) is -1.01. The van der Waals surface area contributed by atoms with Crippen LogP contribution in [-0.4, -0.2) is 64.3 Å². The molecule has 1 fully saturated rings. The van der Waals surface area contributed by atoms with Crippen molar-refractivity contribution in [3.05, 3.63) is 0 Å². The van der Waals surface area contributed by atoms with Crippen LogP contribution in [0.2, 0.25) is 0 Å². The molecule has 0 bridgehead atoms. The van der Waals surface area contributed by atoms with E-state index in [1.54, 1.807) is 0 Å². The molecule has 1 aliphatic rings. The zero-order chi connectivity index (χ0) is 12.8. The fourth-order valence-electron chi connectivity index (χ4n) is 1.85. The van der Waals surface area contributed by atoms with E-state index >= 15 is 0 Å². The lowest BCUT2D eigenvalue weighted by Gasteiger charge is -2.20. The molecule has 0 saturated carbocycles. The fraction of sp³-hybridized carbons (Fsp3) is 1.00. The van der Waals surface area contributed by atoms with E-state index in [0.29, 0.717) is 6.61 Å². The van der Waals surface area contributed by atoms with Gasteiger partial charge in [-0.1, -0.05) is 19.8 Å². The molecular formula is C11H22O6. The van der Waals surface area contributed by atoms with Gasteiger partial charge in [0.05, 0.1) is 6.61 Å². The van der Waals surface area contributed by atoms with Crippen molar-refractivity contribution in [1.82, 2.24) is 0 Å². The highest BCUT2D eigenvalue weighted by atomic mass is 16.7. The number of aliphatic hydroxyl groups is 4. The Morgan fingerprint density at radius 1 is 1.29 bits per heavy atom. The first-order valence-corrected chi connectivity index (χ1v) is 6.04. The van der Waals surface area contributed by atoms with E-state index in [4.69, 9.17) is 14.6 Å². The SMILES string of the molecule is CCCCCO[C@H]1[C@@H](O)[C@@H]([C@@H](O)CO)O[C@@H]1O. The van der Waals surface area contributed by atoms with Crippen molar-refractivity contribution in [2.24, 2.45) is 0 Å². The molecule has 0 aliphatic carbocycles. The Balaban J connectivity index is 2.39. The highest BCUT2D eigenvalue weighted by Gasteiger charge is 2.46. The van der Waals surface area contributed by atoms with Crippen LogP contribution in [0.25, 0.3) is 0 Å². The molecule has 0 amide bonds. The summed E-state index contributed by atoms with van der Waals surface area (Å²) in [4.78, 5) is 0. The summed E-state index contributed by atoms with van der Waals surface area (Å²) in [6, 6.07) is 0. The quantitative estimate of drug-likeness (QED) is 0.432. The average Bonchev–Trinajstić information content (AvgIpc) is 2.60. The zero-order valence-electron chi connectivity index (χ0n) is 10.0. The van der Waals surface area contributed by atoms with E-state index in [1.165, 1.54) is 0 Å². The first-order chi connectivity index (χ1) is 8.11. The maximum Gasteiger partial charge on any atom is 0.184 e. The average molecular weight is 250 g/mol. The second kappa shape index (κ2) is 7.25. The van der Waals surface area contributed by atoms with Crippen molar-refractivity contribution in [1.29, 1.82) is 0 Å². The number of aliphatic hydroxyl groups excluding tert-OH is 4. The van der Waals surface area contributed by atoms with Crippen molar-refractivity contribution in [2.45, 2.75) is 56.9 Å². The minimum absolute atomic E-state index is 0.428. The Morgan fingerprint density at radius 3 is 2.59 bits per heavy atom. The summed E-state index contributed by atoms with van der Waals surface area (Å²) in [5.41, 5.74) is 0. The van der Waals surface area contributed by atoms with Gasteiger partial charge in [-0.05, 0) is 6.42 Å². The van der Waals surface area contributed by atoms with Crippen LogP contribution in [0.15, 0.2) is 0 Å². The third-order valence-electron chi connectivity index (χ3n) is 2.88. The van der Waals surface area contributed by atoms with Crippen molar-refractivity contribution in [3.8, 4) is 0 Å². The van der Waals surface area contributed by atoms with E-state index < -0.39 is 37.3 Å². The minimum atomic E-state index is -1.27. The zero-order valence-corrected chi connectivity index (χ0v) is 10.0. The lowest BCUT2D eigenvalue weighted by Crippen LogP contribution is -2.41. The number of rotatable bonds is 7. The normalized spacial score (nSPS) is 35.1. The summed E-state index contributed by atoms with van der Waals surface area (Å²) >= 11 is 0. The highest BCUT2D eigenvalue weighted by Crippen LogP contribution is 2.25. The van der Waals surface area contributed by atoms with Gasteiger partial charge >= 0.3 is 0 Å². The Hall–Kier alpha value is -0.240. The molecule has 0 radical (unpaired) electrons. The van der Waals surface area contributed by atoms with Gasteiger partial charge in [-0.15, -0.1) is 0 Å². The molecule has 1 heterocycles. The monoisotopic (exact) mass is 250 g/mol. The molecule has 0 aromatic rings. The second-order valence-corrected chi connectivity index (χ2v) is 4.27. The van der Waals surface area contributed by atoms with Crippen LogP contribution in [0.3, 0.4) is 0 Å². The maximum atomic E-state index is 9.80. The molecule has 0 aromatic carbocycles. The molecule has 0 aromatic heterocycles. The van der Waals surface area contributed by atoms with Crippen LogP contribution >= 0.6 is 0 Å². The van der Waals surface area contributed by atoms with E-state index in [1.807, 2.05) is 0 Å². The molecule has 102 valence electrons. The van der Waals surface area contributed by atoms with Crippen molar-refractivity contribution < 1.29 is 29.9 Å². The van der Waals surface area contributed by atoms with Gasteiger partial charge in [0.15, 0.2) is 6.29 Å². The van der Waals surface area contributed by atoms with Crippen LogP contribution in [0.4, 0.5) is 0 Å². The Kier molecular flexibility index (Phi) is 6.32. The molecule has 1 aliphatic heterocycles. The van der Waals surface area contributed by atoms with Gasteiger partial charge in [0.25, 0.3) is 0 Å². The third-order valence-corrected chi connectivity index (χ3v) is 2.88. The molecule has 6 heteroatoms. The van der Waals surface area contributed by atoms with E-state index in [9.17, 15) is 15.3 Å². The summed E-state index contributed by atoms with van der Waals surface area (Å²) in [7, 11) is 0. The van der Waals surface area contributed by atoms with Gasteiger partial charge in [-0.2, -0.15) is 0 Å². The summed E-state index contributed by atoms with van der Waals surface area (Å²) in [5, 5.41) is 37.5. The number of hydrogen-bond donors (Lipinski definition) is 4. The Labute approximate surface area is 101 Å². The molecule has 1 rings (SSSR count). The van der Waals surface area contributed by atoms with E-state index in [2.05, 4.69) is 6.92 Å². The number of ether oxygens (including phenoxy) is 2. The molecule has 6 nitrogen and oxygen atoms in total. The van der Waals surface area contributed by atoms with Gasteiger partial charge in [0.2, 0.25) is 0 Å². The van der Waals surface area contributed by atoms with Crippen molar-refractivity contribution in [2.75, 3.05) is 13.2 Å². The molecule has 4 N–H and O–H groups in total. The van der Waals surface area contributed by atoms with Crippen molar-refractivity contribution >= 4 is 0 Å². The second-order valence-electron chi connectivity index (χ2n) is 4.27. The molecule has 1 saturated heterocycles. The Morgan fingerprint density at radius 2 is 2.00 bits per heavy atom. The van der Waals surface area contributed by atoms with Crippen LogP contribution in [-0.2, 0) is 9.47 Å². The molecular weight excluding hydrogens is 228 g/mol. The first-order valence-electron chi connectivity index (χ1n) is 6.04. The number of hydrogen-bond acceptors (Lipinski definition) is 6. The fourth-order valence-corrected chi connectivity index (χ4v) is 1.85. The number of unbranched alkanes of at least 4 members (excludes halogenated alkanes) is 2. The minimum Gasteiger partial charge on any atom is -0.394 e. The Bertz CT molecular complexity index is 212. The van der Waals surface area contributed by atoms with Gasteiger partial charge in [-0.3, -0.25) is 0 Å². The predicted molar refractivity (Wildman–Crippen MR) is 59.2 cm³/mol. The smallest absolute Gasteiger partial charge is 0.184 e. The van der Waals surface area contributed by atoms with Gasteiger partial charge in [0, 0.05) is 6.61 Å². The van der Waals surface area contributed by atoms with Gasteiger partial charge < -0.3 is 29.9 Å². The largest absolute Gasteiger partial charge is 0.394 e. The van der Waals surface area contributed by atoms with E-state index in [0.717, 1.165) is 19.3 Å². The lowest BCUT2D eigenvalue weighted by molar-refractivity contribution is -0.159. The maximum absolute atomic E-state index is 9.80. The van der Waals surface area contributed by atoms with Crippen molar-refractivity contribution in [3.63, 3.8) is 0 Å². The summed E-state index contributed by atoms with van der Waals surface area (Å²) in [6.45, 7) is 1.96. The molecule has 0 unspecified atom stereocenters. The topological polar surface area (TPSA) is 99.4 Å². The van der Waals surface area contributed by atoms with Gasteiger partial charge in [-0.25, -0.2) is 0 Å². The van der Waals surface area contributed by atoms with Crippen LogP contribution in [0.5, 0.6) is 0 Å². The third kappa shape index (κ3) is 3.87. The van der Waals surface area contributed by atoms with Crippen LogP contribution in [0, 0.1) is 0 Å². The molecule has 0 spiro atoms. The van der Waals surface area contributed by atoms with Crippen LogP contribution < -0.4 is 0 Å². The molecule has 17 heavy (non-hydrogen) atoms. The van der Waals surface area contributed by atoms with Crippen LogP contribution in [0.1, 0.15) is 26.2 Å². The highest BCUT2D eigenvalue weighted by molar-refractivity contribution is 4.91. The van der Waals surface area contributed by atoms with Gasteiger partial charge in [0.1, 0.15) is 24.4 Å².